The third-order valence-corrected chi connectivity index (χ3v) is 3.33. The van der Waals surface area contributed by atoms with Crippen LogP contribution in [0.3, 0.4) is 0 Å². The summed E-state index contributed by atoms with van der Waals surface area (Å²) in [5.74, 6) is 1.29. The molecule has 0 aliphatic carbocycles. The maximum Gasteiger partial charge on any atom is 0.0602 e. The molecule has 1 unspecified atom stereocenters. The van der Waals surface area contributed by atoms with Gasteiger partial charge in [0.1, 0.15) is 0 Å². The van der Waals surface area contributed by atoms with Crippen molar-refractivity contribution in [2.45, 2.75) is 26.7 Å². The maximum atomic E-state index is 3.53. The number of anilines is 2. The van der Waals surface area contributed by atoms with E-state index < -0.39 is 0 Å². The third-order valence-electron chi connectivity index (χ3n) is 3.33. The SMILES string of the molecule is CC1CNc2ccc(C(C)C)cc2N(C)C1. The minimum atomic E-state index is 0.597. The highest BCUT2D eigenvalue weighted by atomic mass is 15.1. The van der Waals surface area contributed by atoms with Gasteiger partial charge in [-0.25, -0.2) is 0 Å². The topological polar surface area (TPSA) is 15.3 Å². The molecule has 0 fully saturated rings. The molecule has 16 heavy (non-hydrogen) atoms. The first-order valence-corrected chi connectivity index (χ1v) is 6.17. The van der Waals surface area contributed by atoms with Crippen LogP contribution in [0.2, 0.25) is 0 Å². The highest BCUT2D eigenvalue weighted by Gasteiger charge is 2.16. The van der Waals surface area contributed by atoms with Gasteiger partial charge in [-0.2, -0.15) is 0 Å². The van der Waals surface area contributed by atoms with Gasteiger partial charge in [0.25, 0.3) is 0 Å². The third kappa shape index (κ3) is 2.16. The zero-order valence-electron chi connectivity index (χ0n) is 10.7. The summed E-state index contributed by atoms with van der Waals surface area (Å²) in [7, 11) is 2.19. The molecule has 1 aliphatic heterocycles. The van der Waals surface area contributed by atoms with Gasteiger partial charge in [-0.15, -0.1) is 0 Å². The van der Waals surface area contributed by atoms with Crippen molar-refractivity contribution in [1.29, 1.82) is 0 Å². The fourth-order valence-corrected chi connectivity index (χ4v) is 2.29. The second-order valence-corrected chi connectivity index (χ2v) is 5.30. The van der Waals surface area contributed by atoms with Gasteiger partial charge in [-0.3, -0.25) is 0 Å². The summed E-state index contributed by atoms with van der Waals surface area (Å²) in [5.41, 5.74) is 4.04. The quantitative estimate of drug-likeness (QED) is 0.778. The van der Waals surface area contributed by atoms with Crippen molar-refractivity contribution in [2.75, 3.05) is 30.4 Å². The van der Waals surface area contributed by atoms with Crippen LogP contribution in [-0.4, -0.2) is 20.1 Å². The largest absolute Gasteiger partial charge is 0.383 e. The molecule has 88 valence electrons. The Labute approximate surface area is 98.7 Å². The Kier molecular flexibility index (Phi) is 3.08. The Hall–Kier alpha value is -1.18. The lowest BCUT2D eigenvalue weighted by Crippen LogP contribution is -2.24. The van der Waals surface area contributed by atoms with Crippen LogP contribution in [0.15, 0.2) is 18.2 Å². The maximum absolute atomic E-state index is 3.53. The Morgan fingerprint density at radius 2 is 2.12 bits per heavy atom. The van der Waals surface area contributed by atoms with Crippen LogP contribution in [0.1, 0.15) is 32.3 Å². The van der Waals surface area contributed by atoms with Crippen molar-refractivity contribution in [2.24, 2.45) is 5.92 Å². The van der Waals surface area contributed by atoms with Crippen LogP contribution < -0.4 is 10.2 Å². The molecule has 1 aliphatic rings. The molecule has 2 heteroatoms. The predicted molar refractivity (Wildman–Crippen MR) is 71.5 cm³/mol. The Morgan fingerprint density at radius 1 is 1.38 bits per heavy atom. The molecule has 0 aromatic heterocycles. The van der Waals surface area contributed by atoms with Crippen molar-refractivity contribution in [1.82, 2.24) is 0 Å². The first kappa shape index (κ1) is 11.3. The van der Waals surface area contributed by atoms with E-state index in [0.29, 0.717) is 11.8 Å². The summed E-state index contributed by atoms with van der Waals surface area (Å²) in [5, 5.41) is 3.53. The van der Waals surface area contributed by atoms with Crippen molar-refractivity contribution >= 4 is 11.4 Å². The molecule has 0 saturated carbocycles. The van der Waals surface area contributed by atoms with E-state index in [4.69, 9.17) is 0 Å². The van der Waals surface area contributed by atoms with Crippen molar-refractivity contribution in [3.05, 3.63) is 23.8 Å². The Morgan fingerprint density at radius 3 is 2.81 bits per heavy atom. The second-order valence-electron chi connectivity index (χ2n) is 5.30. The van der Waals surface area contributed by atoms with Gasteiger partial charge in [0.05, 0.1) is 11.4 Å². The first-order valence-electron chi connectivity index (χ1n) is 6.17. The van der Waals surface area contributed by atoms with Gasteiger partial charge < -0.3 is 10.2 Å². The fourth-order valence-electron chi connectivity index (χ4n) is 2.29. The summed E-state index contributed by atoms with van der Waals surface area (Å²) in [6.07, 6.45) is 0. The molecule has 0 radical (unpaired) electrons. The van der Waals surface area contributed by atoms with Crippen molar-refractivity contribution in [3.8, 4) is 0 Å². The number of nitrogens with one attached hydrogen (secondary N) is 1. The molecular weight excluding hydrogens is 196 g/mol. The fraction of sp³-hybridized carbons (Fsp3) is 0.571. The van der Waals surface area contributed by atoms with Crippen LogP contribution in [0.5, 0.6) is 0 Å². The average Bonchev–Trinajstić information content (AvgIpc) is 2.38. The van der Waals surface area contributed by atoms with Crippen molar-refractivity contribution in [3.63, 3.8) is 0 Å². The summed E-state index contributed by atoms with van der Waals surface area (Å²) in [6, 6.07) is 6.78. The van der Waals surface area contributed by atoms with Gasteiger partial charge in [-0.05, 0) is 29.5 Å². The Balaban J connectivity index is 2.37. The molecule has 0 amide bonds. The highest BCUT2D eigenvalue weighted by molar-refractivity contribution is 5.71. The number of nitrogens with zero attached hydrogens (tertiary/aromatic N) is 1. The van der Waals surface area contributed by atoms with Gasteiger partial charge in [0, 0.05) is 20.1 Å². The lowest BCUT2D eigenvalue weighted by molar-refractivity contribution is 0.617. The van der Waals surface area contributed by atoms with E-state index in [9.17, 15) is 0 Å². The summed E-state index contributed by atoms with van der Waals surface area (Å²) in [6.45, 7) is 8.97. The molecule has 1 heterocycles. The van der Waals surface area contributed by atoms with Gasteiger partial charge >= 0.3 is 0 Å². The van der Waals surface area contributed by atoms with Gasteiger partial charge in [0.2, 0.25) is 0 Å². The van der Waals surface area contributed by atoms with E-state index >= 15 is 0 Å². The average molecular weight is 218 g/mol. The lowest BCUT2D eigenvalue weighted by Gasteiger charge is -2.21. The monoisotopic (exact) mass is 218 g/mol. The minimum absolute atomic E-state index is 0.597. The van der Waals surface area contributed by atoms with Gasteiger partial charge in [0.15, 0.2) is 0 Å². The van der Waals surface area contributed by atoms with Crippen LogP contribution in [-0.2, 0) is 0 Å². The second kappa shape index (κ2) is 4.36. The number of fused-ring (bicyclic) bond motifs is 1. The van der Waals surface area contributed by atoms with Crippen molar-refractivity contribution < 1.29 is 0 Å². The molecule has 1 atom stereocenters. The zero-order chi connectivity index (χ0) is 11.7. The molecule has 2 nitrogen and oxygen atoms in total. The number of benzene rings is 1. The molecule has 1 aromatic carbocycles. The molecular formula is C14H22N2. The number of hydrogen-bond acceptors (Lipinski definition) is 2. The van der Waals surface area contributed by atoms with E-state index in [0.717, 1.165) is 13.1 Å². The molecule has 1 aromatic rings. The molecule has 0 spiro atoms. The summed E-state index contributed by atoms with van der Waals surface area (Å²) in [4.78, 5) is 2.37. The first-order chi connectivity index (χ1) is 7.58. The lowest BCUT2D eigenvalue weighted by atomic mass is 10.0. The molecule has 0 saturated heterocycles. The van der Waals surface area contributed by atoms with Crippen LogP contribution in [0.4, 0.5) is 11.4 Å². The molecule has 2 rings (SSSR count). The standard InChI is InChI=1S/C14H22N2/c1-10(2)12-5-6-13-14(7-12)16(4)9-11(3)8-15-13/h5-7,10-11,15H,8-9H2,1-4H3. The zero-order valence-corrected chi connectivity index (χ0v) is 10.7. The van der Waals surface area contributed by atoms with E-state index in [1.165, 1.54) is 16.9 Å². The van der Waals surface area contributed by atoms with Crippen LogP contribution in [0, 0.1) is 5.92 Å². The summed E-state index contributed by atoms with van der Waals surface area (Å²) >= 11 is 0. The number of hydrogen-bond donors (Lipinski definition) is 1. The van der Waals surface area contributed by atoms with E-state index in [2.05, 4.69) is 56.2 Å². The smallest absolute Gasteiger partial charge is 0.0602 e. The molecule has 0 bridgehead atoms. The van der Waals surface area contributed by atoms with Crippen LogP contribution >= 0.6 is 0 Å². The van der Waals surface area contributed by atoms with E-state index in [-0.39, 0.29) is 0 Å². The Bertz CT molecular complexity index is 371. The van der Waals surface area contributed by atoms with Crippen LogP contribution in [0.25, 0.3) is 0 Å². The summed E-state index contributed by atoms with van der Waals surface area (Å²) < 4.78 is 0. The van der Waals surface area contributed by atoms with Gasteiger partial charge in [-0.1, -0.05) is 26.8 Å². The molecule has 1 N–H and O–H groups in total. The van der Waals surface area contributed by atoms with E-state index in [1.807, 2.05) is 0 Å². The number of rotatable bonds is 1. The predicted octanol–water partition coefficient (Wildman–Crippen LogP) is 3.31. The normalized spacial score (nSPS) is 20.3. The highest BCUT2D eigenvalue weighted by Crippen LogP contribution is 2.31. The minimum Gasteiger partial charge on any atom is -0.383 e. The van der Waals surface area contributed by atoms with E-state index in [1.54, 1.807) is 0 Å².